The van der Waals surface area contributed by atoms with E-state index in [1.807, 2.05) is 53.1 Å². The topological polar surface area (TPSA) is 51.9 Å². The highest BCUT2D eigenvalue weighted by Crippen LogP contribution is 2.25. The Kier molecular flexibility index (Phi) is 7.10. The molecule has 0 bridgehead atoms. The molecule has 1 aromatic heterocycles. The van der Waals surface area contributed by atoms with Gasteiger partial charge in [-0.05, 0) is 54.7 Å². The van der Waals surface area contributed by atoms with Gasteiger partial charge in [-0.3, -0.25) is 9.36 Å². The van der Waals surface area contributed by atoms with Crippen molar-refractivity contribution in [2.24, 2.45) is 0 Å². The van der Waals surface area contributed by atoms with Gasteiger partial charge >= 0.3 is 0 Å². The monoisotopic (exact) mass is 546 g/mol. The highest BCUT2D eigenvalue weighted by atomic mass is 79.9. The van der Waals surface area contributed by atoms with Gasteiger partial charge in [-0.15, -0.1) is 0 Å². The van der Waals surface area contributed by atoms with Gasteiger partial charge in [-0.2, -0.15) is 5.10 Å². The first-order chi connectivity index (χ1) is 15.4. The second-order valence-corrected chi connectivity index (χ2v) is 9.04. The molecule has 0 radical (unpaired) electrons. The molecule has 0 saturated carbocycles. The molecule has 162 valence electrons. The van der Waals surface area contributed by atoms with Crippen LogP contribution in [0.1, 0.15) is 16.2 Å². The first-order valence-electron chi connectivity index (χ1n) is 9.64. The molecule has 0 aliphatic heterocycles. The quantitative estimate of drug-likeness (QED) is 0.200. The van der Waals surface area contributed by atoms with Gasteiger partial charge in [0.2, 0.25) is 4.77 Å². The van der Waals surface area contributed by atoms with Gasteiger partial charge in [0.15, 0.2) is 11.6 Å². The van der Waals surface area contributed by atoms with E-state index in [0.717, 1.165) is 15.8 Å². The number of hydrogen-bond acceptors (Lipinski definition) is 4. The second-order valence-electron chi connectivity index (χ2n) is 6.94. The summed E-state index contributed by atoms with van der Waals surface area (Å²) in [5.41, 5.74) is 2.26. The van der Waals surface area contributed by atoms with E-state index in [1.54, 1.807) is 28.9 Å². The van der Waals surface area contributed by atoms with Crippen molar-refractivity contribution in [3.05, 3.63) is 103 Å². The van der Waals surface area contributed by atoms with E-state index in [0.29, 0.717) is 32.7 Å². The molecule has 0 saturated heterocycles. The van der Waals surface area contributed by atoms with Crippen LogP contribution in [-0.2, 0) is 13.1 Å². The number of benzene rings is 3. The van der Waals surface area contributed by atoms with Crippen LogP contribution in [0, 0.1) is 4.77 Å². The van der Waals surface area contributed by atoms with Crippen molar-refractivity contribution in [3.63, 3.8) is 0 Å². The third-order valence-electron chi connectivity index (χ3n) is 4.75. The maximum atomic E-state index is 12.8. The van der Waals surface area contributed by atoms with Gasteiger partial charge in [-0.25, -0.2) is 4.68 Å². The van der Waals surface area contributed by atoms with Gasteiger partial charge < -0.3 is 5.32 Å². The summed E-state index contributed by atoms with van der Waals surface area (Å²) in [6.07, 6.45) is 0. The lowest BCUT2D eigenvalue weighted by Gasteiger charge is -2.09. The van der Waals surface area contributed by atoms with E-state index in [1.165, 1.54) is 0 Å². The Morgan fingerprint density at radius 1 is 1.00 bits per heavy atom. The standard InChI is InChI=1S/C23H17BrCl2N4OS/c24-16-8-6-15(7-9-16)21(31)14-29-23(32)30(18-4-2-1-3-5-18)22(28-29)13-27-17-10-11-19(25)20(26)12-17/h1-12,27H,13-14H2. The first-order valence-corrected chi connectivity index (χ1v) is 11.6. The van der Waals surface area contributed by atoms with Crippen LogP contribution in [0.2, 0.25) is 10.0 Å². The Bertz CT molecular complexity index is 1320. The number of nitrogens with zero attached hydrogens (tertiary/aromatic N) is 3. The SMILES string of the molecule is O=C(Cn1nc(CNc2ccc(Cl)c(Cl)c2)n(-c2ccccc2)c1=S)c1ccc(Br)cc1. The molecule has 0 atom stereocenters. The number of hydrogen-bond donors (Lipinski definition) is 1. The van der Waals surface area contributed by atoms with Crippen molar-refractivity contribution in [2.75, 3.05) is 5.32 Å². The molecule has 32 heavy (non-hydrogen) atoms. The Morgan fingerprint density at radius 2 is 1.72 bits per heavy atom. The fourth-order valence-corrected chi connectivity index (χ4v) is 4.04. The van der Waals surface area contributed by atoms with Gasteiger partial charge in [0.1, 0.15) is 6.54 Å². The van der Waals surface area contributed by atoms with E-state index in [4.69, 9.17) is 35.4 Å². The van der Waals surface area contributed by atoms with Crippen LogP contribution in [0.25, 0.3) is 5.69 Å². The molecule has 0 aliphatic rings. The van der Waals surface area contributed by atoms with Crippen LogP contribution in [0.15, 0.2) is 77.3 Å². The van der Waals surface area contributed by atoms with E-state index < -0.39 is 0 Å². The van der Waals surface area contributed by atoms with Crippen LogP contribution in [0.3, 0.4) is 0 Å². The Hall–Kier alpha value is -2.45. The van der Waals surface area contributed by atoms with Gasteiger partial charge in [0.25, 0.3) is 0 Å². The Balaban J connectivity index is 1.65. The predicted molar refractivity (Wildman–Crippen MR) is 135 cm³/mol. The molecule has 4 aromatic rings. The summed E-state index contributed by atoms with van der Waals surface area (Å²) in [4.78, 5) is 12.8. The lowest BCUT2D eigenvalue weighted by molar-refractivity contribution is 0.0967. The van der Waals surface area contributed by atoms with E-state index >= 15 is 0 Å². The zero-order valence-corrected chi connectivity index (χ0v) is 20.5. The molecule has 1 N–H and O–H groups in total. The molecule has 5 nitrogen and oxygen atoms in total. The largest absolute Gasteiger partial charge is 0.378 e. The maximum absolute atomic E-state index is 12.8. The van der Waals surface area contributed by atoms with Crippen LogP contribution in [-0.4, -0.2) is 20.1 Å². The predicted octanol–water partition coefficient (Wildman–Crippen LogP) is 6.97. The zero-order valence-electron chi connectivity index (χ0n) is 16.6. The van der Waals surface area contributed by atoms with Crippen molar-refractivity contribution in [3.8, 4) is 5.69 Å². The van der Waals surface area contributed by atoms with Crippen LogP contribution in [0.5, 0.6) is 0 Å². The minimum atomic E-state index is -0.0738. The van der Waals surface area contributed by atoms with E-state index in [-0.39, 0.29) is 12.3 Å². The summed E-state index contributed by atoms with van der Waals surface area (Å²) in [6.45, 7) is 0.413. The number of Topliss-reactive ketones (excluding diaryl/α,β-unsaturated/α-hetero) is 1. The molecular weight excluding hydrogens is 531 g/mol. The van der Waals surface area contributed by atoms with Crippen LogP contribution in [0.4, 0.5) is 5.69 Å². The number of aromatic nitrogens is 3. The third-order valence-corrected chi connectivity index (χ3v) is 6.41. The molecule has 9 heteroatoms. The molecule has 0 amide bonds. The number of anilines is 1. The average Bonchev–Trinajstić information content (AvgIpc) is 3.10. The van der Waals surface area contributed by atoms with Crippen LogP contribution >= 0.6 is 51.3 Å². The third kappa shape index (κ3) is 5.13. The molecule has 4 rings (SSSR count). The minimum absolute atomic E-state index is 0.0417. The molecule has 0 fully saturated rings. The van der Waals surface area contributed by atoms with Gasteiger partial charge in [-0.1, -0.05) is 69.5 Å². The van der Waals surface area contributed by atoms with Gasteiger partial charge in [0, 0.05) is 21.4 Å². The second kappa shape index (κ2) is 10.0. The van der Waals surface area contributed by atoms with E-state index in [2.05, 4.69) is 26.3 Å². The molecule has 0 spiro atoms. The van der Waals surface area contributed by atoms with E-state index in [9.17, 15) is 4.79 Å². The highest BCUT2D eigenvalue weighted by molar-refractivity contribution is 9.10. The number of halogens is 3. The summed E-state index contributed by atoms with van der Waals surface area (Å²) >= 11 is 21.2. The molecular formula is C23H17BrCl2N4OS. The number of nitrogens with one attached hydrogen (secondary N) is 1. The van der Waals surface area contributed by atoms with Crippen molar-refractivity contribution in [1.82, 2.24) is 14.3 Å². The summed E-state index contributed by atoms with van der Waals surface area (Å²) in [6, 6.07) is 22.2. The Morgan fingerprint density at radius 3 is 2.41 bits per heavy atom. The number of rotatable bonds is 7. The number of carbonyl (C=O) groups excluding carboxylic acids is 1. The lowest BCUT2D eigenvalue weighted by atomic mass is 10.1. The zero-order chi connectivity index (χ0) is 22.7. The summed E-state index contributed by atoms with van der Waals surface area (Å²) in [7, 11) is 0. The normalized spacial score (nSPS) is 10.8. The van der Waals surface area contributed by atoms with Gasteiger partial charge in [0.05, 0.1) is 16.6 Å². The number of para-hydroxylation sites is 1. The smallest absolute Gasteiger partial charge is 0.203 e. The highest BCUT2D eigenvalue weighted by Gasteiger charge is 2.16. The van der Waals surface area contributed by atoms with Crippen molar-refractivity contribution in [2.45, 2.75) is 13.1 Å². The maximum Gasteiger partial charge on any atom is 0.203 e. The fraction of sp³-hybridized carbons (Fsp3) is 0.0870. The van der Waals surface area contributed by atoms with Crippen molar-refractivity contribution < 1.29 is 4.79 Å². The van der Waals surface area contributed by atoms with Crippen molar-refractivity contribution >= 4 is 62.8 Å². The Labute approximate surface area is 208 Å². The molecule has 0 unspecified atom stereocenters. The molecule has 3 aromatic carbocycles. The molecule has 0 aliphatic carbocycles. The lowest BCUT2D eigenvalue weighted by Crippen LogP contribution is -2.12. The summed E-state index contributed by atoms with van der Waals surface area (Å²) in [5, 5.41) is 8.89. The molecule has 1 heterocycles. The first kappa shape index (κ1) is 22.7. The fourth-order valence-electron chi connectivity index (χ4n) is 3.16. The minimum Gasteiger partial charge on any atom is -0.378 e. The average molecular weight is 548 g/mol. The summed E-state index contributed by atoms with van der Waals surface area (Å²) < 4.78 is 4.76. The number of carbonyl (C=O) groups is 1. The van der Waals surface area contributed by atoms with Crippen molar-refractivity contribution in [1.29, 1.82) is 0 Å². The summed E-state index contributed by atoms with van der Waals surface area (Å²) in [5.74, 6) is 0.589. The van der Waals surface area contributed by atoms with Crippen LogP contribution < -0.4 is 5.32 Å². The number of ketones is 1.